The first-order valence-electron chi connectivity index (χ1n) is 11.2. The molecule has 1 saturated heterocycles. The van der Waals surface area contributed by atoms with Gasteiger partial charge in [0, 0.05) is 55.9 Å². The number of ether oxygens (including phenoxy) is 2. The number of halogens is 1. The molecule has 33 heavy (non-hydrogen) atoms. The van der Waals surface area contributed by atoms with Gasteiger partial charge in [-0.25, -0.2) is 4.39 Å². The van der Waals surface area contributed by atoms with Crippen molar-refractivity contribution >= 4 is 17.7 Å². The molecule has 178 valence electrons. The third-order valence-corrected chi connectivity index (χ3v) is 6.16. The van der Waals surface area contributed by atoms with Crippen LogP contribution in [0.5, 0.6) is 0 Å². The summed E-state index contributed by atoms with van der Waals surface area (Å²) in [6.45, 7) is 5.77. The number of amides is 1. The average Bonchev–Trinajstić information content (AvgIpc) is 3.11. The van der Waals surface area contributed by atoms with E-state index in [1.807, 2.05) is 19.9 Å². The zero-order valence-corrected chi connectivity index (χ0v) is 19.4. The van der Waals surface area contributed by atoms with E-state index in [2.05, 4.69) is 4.57 Å². The number of rotatable bonds is 9. The third kappa shape index (κ3) is 6.07. The van der Waals surface area contributed by atoms with Gasteiger partial charge in [-0.15, -0.1) is 0 Å². The number of hydrogen-bond donors (Lipinski definition) is 0. The predicted octanol–water partition coefficient (Wildman–Crippen LogP) is 3.56. The van der Waals surface area contributed by atoms with Gasteiger partial charge in [-0.3, -0.25) is 14.4 Å². The minimum atomic E-state index is -0.411. The van der Waals surface area contributed by atoms with Gasteiger partial charge in [-0.1, -0.05) is 0 Å². The molecule has 1 amide bonds. The Morgan fingerprint density at radius 2 is 1.76 bits per heavy atom. The molecule has 1 aromatic heterocycles. The quantitative estimate of drug-likeness (QED) is 0.326. The van der Waals surface area contributed by atoms with E-state index >= 15 is 0 Å². The second kappa shape index (κ2) is 11.2. The Morgan fingerprint density at radius 1 is 1.09 bits per heavy atom. The SMILES string of the molecule is COCCCn1c(C)cc(C(=O)COC(=O)C2CCN(C(=O)c3ccc(F)cc3)CC2)c1C. The number of carbonyl (C=O) groups excluding carboxylic acids is 3. The van der Waals surface area contributed by atoms with E-state index in [0.29, 0.717) is 43.7 Å². The van der Waals surface area contributed by atoms with Gasteiger partial charge in [0.2, 0.25) is 5.78 Å². The van der Waals surface area contributed by atoms with Crippen molar-refractivity contribution in [2.24, 2.45) is 5.92 Å². The smallest absolute Gasteiger partial charge is 0.309 e. The lowest BCUT2D eigenvalue weighted by molar-refractivity contribution is -0.148. The summed E-state index contributed by atoms with van der Waals surface area (Å²) in [4.78, 5) is 39.4. The molecule has 0 aliphatic carbocycles. The molecule has 3 rings (SSSR count). The van der Waals surface area contributed by atoms with Crippen LogP contribution < -0.4 is 0 Å². The zero-order chi connectivity index (χ0) is 24.0. The number of benzene rings is 1. The standard InChI is InChI=1S/C25H31FN2O5/c1-17-15-22(18(2)28(17)11-4-14-32-3)23(29)16-33-25(31)20-9-12-27(13-10-20)24(30)19-5-7-21(26)8-6-19/h5-8,15,20H,4,9-14,16H2,1-3H3. The lowest BCUT2D eigenvalue weighted by Gasteiger charge is -2.31. The Morgan fingerprint density at radius 3 is 2.39 bits per heavy atom. The van der Waals surface area contributed by atoms with Crippen LogP contribution in [0.15, 0.2) is 30.3 Å². The number of carbonyl (C=O) groups is 3. The van der Waals surface area contributed by atoms with E-state index in [0.717, 1.165) is 24.4 Å². The van der Waals surface area contributed by atoms with Crippen molar-refractivity contribution < 1.29 is 28.2 Å². The number of nitrogens with zero attached hydrogens (tertiary/aromatic N) is 2. The van der Waals surface area contributed by atoms with Crippen LogP contribution in [0.3, 0.4) is 0 Å². The monoisotopic (exact) mass is 458 g/mol. The molecule has 0 saturated carbocycles. The molecule has 2 heterocycles. The average molecular weight is 459 g/mol. The second-order valence-electron chi connectivity index (χ2n) is 8.39. The van der Waals surface area contributed by atoms with Gasteiger partial charge in [0.25, 0.3) is 5.91 Å². The van der Waals surface area contributed by atoms with Crippen LogP contribution in [0.2, 0.25) is 0 Å². The van der Waals surface area contributed by atoms with Crippen LogP contribution in [0.25, 0.3) is 0 Å². The van der Waals surface area contributed by atoms with Gasteiger partial charge in [0.05, 0.1) is 5.92 Å². The highest BCUT2D eigenvalue weighted by atomic mass is 19.1. The minimum Gasteiger partial charge on any atom is -0.457 e. The van der Waals surface area contributed by atoms with Gasteiger partial charge in [-0.2, -0.15) is 0 Å². The van der Waals surface area contributed by atoms with Crippen molar-refractivity contribution in [1.82, 2.24) is 9.47 Å². The number of aryl methyl sites for hydroxylation is 1. The maximum absolute atomic E-state index is 13.1. The van der Waals surface area contributed by atoms with Gasteiger partial charge in [0.1, 0.15) is 5.82 Å². The van der Waals surface area contributed by atoms with Crippen molar-refractivity contribution in [2.45, 2.75) is 39.7 Å². The van der Waals surface area contributed by atoms with Crippen LogP contribution in [0.1, 0.15) is 51.4 Å². The summed E-state index contributed by atoms with van der Waals surface area (Å²) in [6, 6.07) is 7.25. The van der Waals surface area contributed by atoms with Crippen LogP contribution >= 0.6 is 0 Å². The predicted molar refractivity (Wildman–Crippen MR) is 121 cm³/mol. The Hall–Kier alpha value is -3.00. The topological polar surface area (TPSA) is 77.8 Å². The normalized spacial score (nSPS) is 14.4. The third-order valence-electron chi connectivity index (χ3n) is 6.16. The van der Waals surface area contributed by atoms with Crippen molar-refractivity contribution in [2.75, 3.05) is 33.4 Å². The van der Waals surface area contributed by atoms with E-state index in [4.69, 9.17) is 9.47 Å². The lowest BCUT2D eigenvalue weighted by Crippen LogP contribution is -2.40. The number of aromatic nitrogens is 1. The van der Waals surface area contributed by atoms with E-state index in [1.54, 1.807) is 12.0 Å². The van der Waals surface area contributed by atoms with E-state index in [1.165, 1.54) is 24.3 Å². The lowest BCUT2D eigenvalue weighted by atomic mass is 9.96. The molecule has 0 radical (unpaired) electrons. The summed E-state index contributed by atoms with van der Waals surface area (Å²) >= 11 is 0. The first kappa shape index (κ1) is 24.6. The Kier molecular flexibility index (Phi) is 8.38. The maximum atomic E-state index is 13.1. The maximum Gasteiger partial charge on any atom is 0.309 e. The fourth-order valence-electron chi connectivity index (χ4n) is 4.22. The first-order chi connectivity index (χ1) is 15.8. The Balaban J connectivity index is 1.48. The largest absolute Gasteiger partial charge is 0.457 e. The molecule has 0 bridgehead atoms. The van der Waals surface area contributed by atoms with Crippen molar-refractivity contribution in [3.8, 4) is 0 Å². The highest BCUT2D eigenvalue weighted by Gasteiger charge is 2.29. The molecule has 0 atom stereocenters. The molecule has 7 nitrogen and oxygen atoms in total. The van der Waals surface area contributed by atoms with Crippen LogP contribution in [0.4, 0.5) is 4.39 Å². The molecule has 8 heteroatoms. The number of piperidine rings is 1. The Labute approximate surface area is 193 Å². The number of methoxy groups -OCH3 is 1. The van der Waals surface area contributed by atoms with E-state index in [9.17, 15) is 18.8 Å². The van der Waals surface area contributed by atoms with Crippen molar-refractivity contribution in [1.29, 1.82) is 0 Å². The summed E-state index contributed by atoms with van der Waals surface area (Å²) in [5, 5.41) is 0. The summed E-state index contributed by atoms with van der Waals surface area (Å²) in [5.41, 5.74) is 2.83. The molecule has 0 spiro atoms. The summed E-state index contributed by atoms with van der Waals surface area (Å²) in [6.07, 6.45) is 1.78. The van der Waals surface area contributed by atoms with Crippen molar-refractivity contribution in [3.63, 3.8) is 0 Å². The summed E-state index contributed by atoms with van der Waals surface area (Å²) in [7, 11) is 1.66. The van der Waals surface area contributed by atoms with Gasteiger partial charge < -0.3 is 18.9 Å². The van der Waals surface area contributed by atoms with E-state index < -0.39 is 11.8 Å². The highest BCUT2D eigenvalue weighted by molar-refractivity contribution is 5.99. The minimum absolute atomic E-state index is 0.183. The molecule has 1 aromatic carbocycles. The zero-order valence-electron chi connectivity index (χ0n) is 19.4. The second-order valence-corrected chi connectivity index (χ2v) is 8.39. The van der Waals surface area contributed by atoms with Crippen LogP contribution in [-0.2, 0) is 20.8 Å². The van der Waals surface area contributed by atoms with Gasteiger partial charge in [0.15, 0.2) is 6.61 Å². The molecule has 2 aromatic rings. The number of ketones is 1. The number of esters is 1. The molecule has 0 unspecified atom stereocenters. The highest BCUT2D eigenvalue weighted by Crippen LogP contribution is 2.21. The molecular formula is C25H31FN2O5. The molecule has 0 N–H and O–H groups in total. The van der Waals surface area contributed by atoms with Gasteiger partial charge in [-0.05, 0) is 63.4 Å². The van der Waals surface area contributed by atoms with Crippen LogP contribution in [-0.4, -0.2) is 60.5 Å². The summed E-state index contributed by atoms with van der Waals surface area (Å²) in [5.74, 6) is -1.56. The molecule has 1 aliphatic rings. The first-order valence-corrected chi connectivity index (χ1v) is 11.2. The van der Waals surface area contributed by atoms with Gasteiger partial charge >= 0.3 is 5.97 Å². The number of Topliss-reactive ketones (excluding diaryl/α,β-unsaturated/α-hetero) is 1. The molecule has 1 fully saturated rings. The summed E-state index contributed by atoms with van der Waals surface area (Å²) < 4.78 is 25.6. The van der Waals surface area contributed by atoms with Crippen LogP contribution in [0, 0.1) is 25.6 Å². The fraction of sp³-hybridized carbons (Fsp3) is 0.480. The molecular weight excluding hydrogens is 427 g/mol. The number of hydrogen-bond acceptors (Lipinski definition) is 5. The van der Waals surface area contributed by atoms with Crippen molar-refractivity contribution in [3.05, 3.63) is 58.7 Å². The fourth-order valence-corrected chi connectivity index (χ4v) is 4.22. The number of likely N-dealkylation sites (tertiary alicyclic amines) is 1. The Bertz CT molecular complexity index is 991. The molecule has 1 aliphatic heterocycles. The van der Waals surface area contributed by atoms with E-state index in [-0.39, 0.29) is 24.2 Å².